The second-order valence-corrected chi connectivity index (χ2v) is 6.39. The number of hydrogen-bond donors (Lipinski definition) is 1. The van der Waals surface area contributed by atoms with Gasteiger partial charge in [0, 0.05) is 32.1 Å². The molecule has 1 amide bonds. The molecule has 1 N–H and O–H groups in total. The summed E-state index contributed by atoms with van der Waals surface area (Å²) in [5.74, 6) is 1.21. The minimum atomic E-state index is -0.408. The van der Waals surface area contributed by atoms with Gasteiger partial charge in [-0.05, 0) is 43.8 Å². The van der Waals surface area contributed by atoms with E-state index >= 15 is 0 Å². The zero-order valence-electron chi connectivity index (χ0n) is 16.6. The van der Waals surface area contributed by atoms with Crippen molar-refractivity contribution in [1.82, 2.24) is 10.2 Å². The Labute approximate surface area is 172 Å². The van der Waals surface area contributed by atoms with Crippen LogP contribution in [0.4, 0.5) is 4.79 Å². The third kappa shape index (κ3) is 6.87. The van der Waals surface area contributed by atoms with Crippen molar-refractivity contribution in [3.63, 3.8) is 0 Å². The van der Waals surface area contributed by atoms with E-state index in [4.69, 9.17) is 9.47 Å². The number of halogens is 1. The Morgan fingerprint density at radius 1 is 1.07 bits per heavy atom. The Morgan fingerprint density at radius 2 is 1.75 bits per heavy atom. The highest BCUT2D eigenvalue weighted by Gasteiger charge is 2.11. The summed E-state index contributed by atoms with van der Waals surface area (Å²) in [6, 6.07) is 14.7. The molecular weight excluding hydrogens is 380 g/mol. The van der Waals surface area contributed by atoms with Crippen LogP contribution in [0.5, 0.6) is 11.5 Å². The van der Waals surface area contributed by atoms with E-state index in [1.807, 2.05) is 31.3 Å². The molecule has 0 fully saturated rings. The first-order valence-electron chi connectivity index (χ1n) is 8.81. The fraction of sp³-hybridized carbons (Fsp3) is 0.333. The number of nitrogens with zero attached hydrogens (tertiary/aromatic N) is 1. The summed E-state index contributed by atoms with van der Waals surface area (Å²) >= 11 is 0. The van der Waals surface area contributed by atoms with E-state index in [-0.39, 0.29) is 24.2 Å². The van der Waals surface area contributed by atoms with Crippen LogP contribution in [-0.4, -0.2) is 44.5 Å². The zero-order valence-corrected chi connectivity index (χ0v) is 17.4. The fourth-order valence-electron chi connectivity index (χ4n) is 2.54. The topological polar surface area (TPSA) is 67.9 Å². The van der Waals surface area contributed by atoms with E-state index in [0.29, 0.717) is 23.7 Å². The number of rotatable bonds is 8. The van der Waals surface area contributed by atoms with Crippen LogP contribution in [0, 0.1) is 0 Å². The fourth-order valence-corrected chi connectivity index (χ4v) is 2.54. The Hall–Kier alpha value is -2.57. The first kappa shape index (κ1) is 23.5. The van der Waals surface area contributed by atoms with Gasteiger partial charge < -0.3 is 19.7 Å². The summed E-state index contributed by atoms with van der Waals surface area (Å²) in [6.45, 7) is 2.04. The lowest BCUT2D eigenvalue weighted by atomic mass is 10.0. The van der Waals surface area contributed by atoms with Gasteiger partial charge in [0.15, 0.2) is 5.78 Å². The molecule has 2 aromatic carbocycles. The van der Waals surface area contributed by atoms with Crippen LogP contribution in [0.1, 0.15) is 35.3 Å². The molecule has 2 rings (SSSR count). The summed E-state index contributed by atoms with van der Waals surface area (Å²) in [5, 5.41) is 3.26. The molecule has 0 aliphatic rings. The van der Waals surface area contributed by atoms with E-state index in [1.54, 1.807) is 38.4 Å². The quantitative estimate of drug-likeness (QED) is 0.668. The number of ketones is 1. The Balaban J connectivity index is 0.00000392. The Bertz CT molecular complexity index is 778. The molecule has 7 heteroatoms. The molecule has 2 aromatic rings. The van der Waals surface area contributed by atoms with Gasteiger partial charge in [0.1, 0.15) is 11.5 Å². The lowest BCUT2D eigenvalue weighted by molar-refractivity contribution is 0.101. The Kier molecular flexibility index (Phi) is 9.48. The zero-order chi connectivity index (χ0) is 19.8. The standard InChI is InChI=1S/C21H26N2O4.ClH/c1-15(24)17-6-5-7-19(14-17)26-13-12-20(22-2)16-8-10-18(11-9-16)27-21(25)23(3)4;/h5-11,14,20,22H,12-13H2,1-4H3;1H. The smallest absolute Gasteiger partial charge is 0.414 e. The molecule has 0 radical (unpaired) electrons. The molecular formula is C21H27ClN2O4. The van der Waals surface area contributed by atoms with Crippen molar-refractivity contribution in [3.05, 3.63) is 59.7 Å². The van der Waals surface area contributed by atoms with Crippen molar-refractivity contribution in [1.29, 1.82) is 0 Å². The third-order valence-electron chi connectivity index (χ3n) is 4.12. The SMILES string of the molecule is CNC(CCOc1cccc(C(C)=O)c1)c1ccc(OC(=O)N(C)C)cc1.Cl. The number of Topliss-reactive ketones (excluding diaryl/α,β-unsaturated/α-hetero) is 1. The number of nitrogens with one attached hydrogen (secondary N) is 1. The maximum absolute atomic E-state index is 11.6. The third-order valence-corrected chi connectivity index (χ3v) is 4.12. The van der Waals surface area contributed by atoms with Gasteiger partial charge in [-0.15, -0.1) is 12.4 Å². The summed E-state index contributed by atoms with van der Waals surface area (Å²) in [5.41, 5.74) is 1.71. The number of benzene rings is 2. The first-order valence-corrected chi connectivity index (χ1v) is 8.81. The van der Waals surface area contributed by atoms with Crippen LogP contribution in [0.3, 0.4) is 0 Å². The highest BCUT2D eigenvalue weighted by atomic mass is 35.5. The van der Waals surface area contributed by atoms with Crippen molar-refractivity contribution >= 4 is 24.3 Å². The molecule has 1 atom stereocenters. The second-order valence-electron chi connectivity index (χ2n) is 6.39. The van der Waals surface area contributed by atoms with Gasteiger partial charge in [-0.2, -0.15) is 0 Å². The van der Waals surface area contributed by atoms with Crippen molar-refractivity contribution in [2.24, 2.45) is 0 Å². The lowest BCUT2D eigenvalue weighted by Gasteiger charge is -2.18. The first-order chi connectivity index (χ1) is 12.9. The molecule has 0 aliphatic heterocycles. The molecule has 6 nitrogen and oxygen atoms in total. The van der Waals surface area contributed by atoms with Crippen molar-refractivity contribution in [2.75, 3.05) is 27.7 Å². The maximum atomic E-state index is 11.6. The molecule has 0 bridgehead atoms. The minimum absolute atomic E-state index is 0. The predicted octanol–water partition coefficient (Wildman–Crippen LogP) is 4.10. The summed E-state index contributed by atoms with van der Waals surface area (Å²) in [6.07, 6.45) is 0.339. The Morgan fingerprint density at radius 3 is 2.32 bits per heavy atom. The van der Waals surface area contributed by atoms with E-state index in [2.05, 4.69) is 5.32 Å². The van der Waals surface area contributed by atoms with E-state index in [1.165, 1.54) is 11.8 Å². The number of ether oxygens (including phenoxy) is 2. The molecule has 0 spiro atoms. The summed E-state index contributed by atoms with van der Waals surface area (Å²) in [7, 11) is 5.17. The average Bonchev–Trinajstić information content (AvgIpc) is 2.66. The van der Waals surface area contributed by atoms with Gasteiger partial charge in [0.05, 0.1) is 6.61 Å². The van der Waals surface area contributed by atoms with Crippen molar-refractivity contribution < 1.29 is 19.1 Å². The highest BCUT2D eigenvalue weighted by molar-refractivity contribution is 5.94. The molecule has 0 aromatic heterocycles. The molecule has 152 valence electrons. The lowest BCUT2D eigenvalue weighted by Crippen LogP contribution is -2.25. The van der Waals surface area contributed by atoms with E-state index < -0.39 is 6.09 Å². The number of hydrogen-bond acceptors (Lipinski definition) is 5. The average molecular weight is 407 g/mol. The normalized spacial score (nSPS) is 11.1. The van der Waals surface area contributed by atoms with E-state index in [9.17, 15) is 9.59 Å². The molecule has 0 saturated carbocycles. The van der Waals surface area contributed by atoms with Gasteiger partial charge in [0.2, 0.25) is 0 Å². The predicted molar refractivity (Wildman–Crippen MR) is 112 cm³/mol. The van der Waals surface area contributed by atoms with Crippen LogP contribution in [-0.2, 0) is 0 Å². The number of amides is 1. The van der Waals surface area contributed by atoms with Crippen LogP contribution in [0.15, 0.2) is 48.5 Å². The molecule has 1 unspecified atom stereocenters. The maximum Gasteiger partial charge on any atom is 0.414 e. The minimum Gasteiger partial charge on any atom is -0.494 e. The van der Waals surface area contributed by atoms with Crippen molar-refractivity contribution in [2.45, 2.75) is 19.4 Å². The molecule has 0 saturated heterocycles. The van der Waals surface area contributed by atoms with Gasteiger partial charge in [-0.3, -0.25) is 4.79 Å². The summed E-state index contributed by atoms with van der Waals surface area (Å²) < 4.78 is 11.0. The highest BCUT2D eigenvalue weighted by Crippen LogP contribution is 2.21. The molecule has 0 aliphatic carbocycles. The van der Waals surface area contributed by atoms with Crippen LogP contribution >= 0.6 is 12.4 Å². The van der Waals surface area contributed by atoms with Crippen molar-refractivity contribution in [3.8, 4) is 11.5 Å². The van der Waals surface area contributed by atoms with Gasteiger partial charge >= 0.3 is 6.09 Å². The molecule has 28 heavy (non-hydrogen) atoms. The number of carbonyl (C=O) groups excluding carboxylic acids is 2. The van der Waals surface area contributed by atoms with E-state index in [0.717, 1.165) is 12.0 Å². The van der Waals surface area contributed by atoms with Gasteiger partial charge in [-0.25, -0.2) is 4.79 Å². The van der Waals surface area contributed by atoms with Crippen LogP contribution in [0.2, 0.25) is 0 Å². The molecule has 0 heterocycles. The second kappa shape index (κ2) is 11.3. The number of carbonyl (C=O) groups is 2. The van der Waals surface area contributed by atoms with Crippen LogP contribution in [0.25, 0.3) is 0 Å². The summed E-state index contributed by atoms with van der Waals surface area (Å²) in [4.78, 5) is 24.4. The monoisotopic (exact) mass is 406 g/mol. The van der Waals surface area contributed by atoms with Gasteiger partial charge in [-0.1, -0.05) is 24.3 Å². The van der Waals surface area contributed by atoms with Gasteiger partial charge in [0.25, 0.3) is 0 Å². The largest absolute Gasteiger partial charge is 0.494 e. The van der Waals surface area contributed by atoms with Crippen LogP contribution < -0.4 is 14.8 Å².